The number of rotatable bonds is 5. The van der Waals surface area contributed by atoms with E-state index in [1.54, 1.807) is 18.8 Å². The smallest absolute Gasteiger partial charge is 0.227 e. The Morgan fingerprint density at radius 3 is 2.67 bits per heavy atom. The third-order valence-corrected chi connectivity index (χ3v) is 3.28. The molecule has 118 valence electrons. The van der Waals surface area contributed by atoms with Crippen molar-refractivity contribution in [2.75, 3.05) is 27.7 Å². The van der Waals surface area contributed by atoms with Crippen molar-refractivity contribution in [2.45, 2.75) is 20.4 Å². The van der Waals surface area contributed by atoms with Gasteiger partial charge >= 0.3 is 0 Å². The van der Waals surface area contributed by atoms with E-state index in [-0.39, 0.29) is 5.91 Å². The van der Waals surface area contributed by atoms with E-state index in [9.17, 15) is 4.79 Å². The van der Waals surface area contributed by atoms with Gasteiger partial charge in [-0.1, -0.05) is 0 Å². The molecule has 0 aliphatic rings. The molecule has 0 aliphatic carbocycles. The third kappa shape index (κ3) is 4.77. The fraction of sp³-hybridized carbons (Fsp3) is 0.643. The summed E-state index contributed by atoms with van der Waals surface area (Å²) in [6.07, 6.45) is 3.80. The topological polar surface area (TPSA) is 74.6 Å². The van der Waals surface area contributed by atoms with Gasteiger partial charge in [0, 0.05) is 53.0 Å². The Hall–Kier alpha value is -2.05. The number of carbonyl (C=O) groups is 1. The zero-order valence-corrected chi connectivity index (χ0v) is 13.8. The molecule has 0 spiro atoms. The van der Waals surface area contributed by atoms with E-state index in [0.717, 1.165) is 11.5 Å². The number of nitrogens with zero attached hydrogens (tertiary/aromatic N) is 4. The quantitative estimate of drug-likeness (QED) is 0.601. The summed E-state index contributed by atoms with van der Waals surface area (Å²) < 4.78 is 1.77. The third-order valence-electron chi connectivity index (χ3n) is 3.28. The van der Waals surface area contributed by atoms with Crippen molar-refractivity contribution < 1.29 is 4.79 Å². The standard InChI is InChI=1S/C14H26N6O/c1-14(2,12(21)15-3)10-17-13(16-4)19(5)8-11-7-18-20(6)9-11/h7,9H,8,10H2,1-6H3,(H,15,21)(H,16,17). The van der Waals surface area contributed by atoms with Gasteiger partial charge in [-0.25, -0.2) is 0 Å². The number of aromatic nitrogens is 2. The predicted molar refractivity (Wildman–Crippen MR) is 83.9 cm³/mol. The van der Waals surface area contributed by atoms with E-state index in [1.165, 1.54) is 0 Å². The van der Waals surface area contributed by atoms with Gasteiger partial charge in [0.25, 0.3) is 0 Å². The first-order chi connectivity index (χ1) is 9.80. The summed E-state index contributed by atoms with van der Waals surface area (Å²) in [4.78, 5) is 18.0. The van der Waals surface area contributed by atoms with Crippen LogP contribution in [0.2, 0.25) is 0 Å². The lowest BCUT2D eigenvalue weighted by molar-refractivity contribution is -0.128. The van der Waals surface area contributed by atoms with Gasteiger partial charge in [-0.3, -0.25) is 14.5 Å². The van der Waals surface area contributed by atoms with Gasteiger partial charge in [0.15, 0.2) is 5.96 Å². The molecule has 0 aliphatic heterocycles. The molecule has 7 nitrogen and oxygen atoms in total. The molecule has 21 heavy (non-hydrogen) atoms. The monoisotopic (exact) mass is 294 g/mol. The molecule has 7 heteroatoms. The maximum atomic E-state index is 11.8. The average molecular weight is 294 g/mol. The van der Waals surface area contributed by atoms with Crippen LogP contribution < -0.4 is 10.6 Å². The Labute approximate surface area is 126 Å². The zero-order chi connectivity index (χ0) is 16.0. The molecule has 0 atom stereocenters. The van der Waals surface area contributed by atoms with E-state index >= 15 is 0 Å². The van der Waals surface area contributed by atoms with Crippen LogP contribution in [0.5, 0.6) is 0 Å². The van der Waals surface area contributed by atoms with Crippen molar-refractivity contribution in [2.24, 2.45) is 17.5 Å². The number of aliphatic imine (C=N–C) groups is 1. The van der Waals surface area contributed by atoms with E-state index < -0.39 is 5.41 Å². The van der Waals surface area contributed by atoms with Crippen LogP contribution in [0.1, 0.15) is 19.4 Å². The molecule has 0 aromatic carbocycles. The highest BCUT2D eigenvalue weighted by Gasteiger charge is 2.27. The van der Waals surface area contributed by atoms with Crippen LogP contribution in [0.15, 0.2) is 17.4 Å². The molecule has 1 aromatic rings. The highest BCUT2D eigenvalue weighted by molar-refractivity contribution is 5.84. The molecule has 0 bridgehead atoms. The van der Waals surface area contributed by atoms with Crippen molar-refractivity contribution in [3.8, 4) is 0 Å². The number of nitrogens with one attached hydrogen (secondary N) is 2. The maximum absolute atomic E-state index is 11.8. The number of hydrogen-bond donors (Lipinski definition) is 2. The minimum Gasteiger partial charge on any atom is -0.359 e. The van der Waals surface area contributed by atoms with E-state index in [1.807, 2.05) is 45.2 Å². The van der Waals surface area contributed by atoms with Crippen LogP contribution in [0, 0.1) is 5.41 Å². The highest BCUT2D eigenvalue weighted by atomic mass is 16.2. The molecule has 2 N–H and O–H groups in total. The fourth-order valence-corrected chi connectivity index (χ4v) is 2.01. The van der Waals surface area contributed by atoms with Crippen LogP contribution >= 0.6 is 0 Å². The van der Waals surface area contributed by atoms with Crippen molar-refractivity contribution >= 4 is 11.9 Å². The molecule has 1 rings (SSSR count). The Morgan fingerprint density at radius 2 is 2.19 bits per heavy atom. The molecule has 0 unspecified atom stereocenters. The predicted octanol–water partition coefficient (Wildman–Crippen LogP) is 0.200. The normalized spacial score (nSPS) is 12.2. The summed E-state index contributed by atoms with van der Waals surface area (Å²) in [5, 5.41) is 10.1. The minimum atomic E-state index is -0.500. The van der Waals surface area contributed by atoms with Crippen LogP contribution in [0.4, 0.5) is 0 Å². The van der Waals surface area contributed by atoms with E-state index in [4.69, 9.17) is 0 Å². The van der Waals surface area contributed by atoms with Crippen LogP contribution in [0.25, 0.3) is 0 Å². The summed E-state index contributed by atoms with van der Waals surface area (Å²) in [6, 6.07) is 0. The molecular weight excluding hydrogens is 268 g/mol. The Kier molecular flexibility index (Phi) is 5.75. The molecule has 0 saturated carbocycles. The molecule has 0 saturated heterocycles. The van der Waals surface area contributed by atoms with Gasteiger partial charge in [-0.05, 0) is 13.8 Å². The van der Waals surface area contributed by atoms with E-state index in [2.05, 4.69) is 20.7 Å². The summed E-state index contributed by atoms with van der Waals surface area (Å²) >= 11 is 0. The zero-order valence-electron chi connectivity index (χ0n) is 13.8. The summed E-state index contributed by atoms with van der Waals surface area (Å²) in [6.45, 7) is 5.01. The average Bonchev–Trinajstić information content (AvgIpc) is 2.83. The molecule has 1 aromatic heterocycles. The Bertz CT molecular complexity index is 505. The van der Waals surface area contributed by atoms with Gasteiger partial charge in [0.1, 0.15) is 0 Å². The second kappa shape index (κ2) is 7.10. The van der Waals surface area contributed by atoms with Gasteiger partial charge in [-0.2, -0.15) is 5.10 Å². The molecule has 1 heterocycles. The summed E-state index contributed by atoms with van der Waals surface area (Å²) in [7, 11) is 7.22. The van der Waals surface area contributed by atoms with E-state index in [0.29, 0.717) is 13.1 Å². The highest BCUT2D eigenvalue weighted by Crippen LogP contribution is 2.13. The first-order valence-electron chi connectivity index (χ1n) is 6.91. The maximum Gasteiger partial charge on any atom is 0.227 e. The van der Waals surface area contributed by atoms with Crippen molar-refractivity contribution in [1.82, 2.24) is 25.3 Å². The summed E-state index contributed by atoms with van der Waals surface area (Å²) in [5.74, 6) is 0.746. The minimum absolute atomic E-state index is 0.000338. The lowest BCUT2D eigenvalue weighted by Gasteiger charge is -2.27. The Balaban J connectivity index is 2.61. The van der Waals surface area contributed by atoms with Crippen LogP contribution in [-0.4, -0.2) is 54.2 Å². The van der Waals surface area contributed by atoms with Crippen molar-refractivity contribution in [3.63, 3.8) is 0 Å². The molecule has 0 fully saturated rings. The number of carbonyl (C=O) groups excluding carboxylic acids is 1. The van der Waals surface area contributed by atoms with Crippen LogP contribution in [-0.2, 0) is 18.4 Å². The van der Waals surface area contributed by atoms with Gasteiger partial charge in [-0.15, -0.1) is 0 Å². The van der Waals surface area contributed by atoms with Gasteiger partial charge in [0.2, 0.25) is 5.91 Å². The largest absolute Gasteiger partial charge is 0.359 e. The number of guanidine groups is 1. The summed E-state index contributed by atoms with van der Waals surface area (Å²) in [5.41, 5.74) is 0.605. The number of amides is 1. The van der Waals surface area contributed by atoms with Gasteiger partial charge < -0.3 is 15.5 Å². The second-order valence-corrected chi connectivity index (χ2v) is 5.74. The van der Waals surface area contributed by atoms with Gasteiger partial charge in [0.05, 0.1) is 11.6 Å². The Morgan fingerprint density at radius 1 is 1.52 bits per heavy atom. The molecular formula is C14H26N6O. The first-order valence-corrected chi connectivity index (χ1v) is 6.91. The fourth-order valence-electron chi connectivity index (χ4n) is 2.01. The molecule has 1 amide bonds. The SMILES string of the molecule is CN=C(NCC(C)(C)C(=O)NC)N(C)Cc1cnn(C)c1. The second-order valence-electron chi connectivity index (χ2n) is 5.74. The molecule has 0 radical (unpaired) electrons. The first kappa shape index (κ1) is 17.0. The van der Waals surface area contributed by atoms with Crippen molar-refractivity contribution in [3.05, 3.63) is 18.0 Å². The number of hydrogen-bond acceptors (Lipinski definition) is 3. The number of aryl methyl sites for hydroxylation is 1. The van der Waals surface area contributed by atoms with Crippen molar-refractivity contribution in [1.29, 1.82) is 0 Å². The lowest BCUT2D eigenvalue weighted by atomic mass is 9.92. The van der Waals surface area contributed by atoms with Crippen LogP contribution in [0.3, 0.4) is 0 Å². The lowest BCUT2D eigenvalue weighted by Crippen LogP contribution is -2.47.